The highest BCUT2D eigenvalue weighted by molar-refractivity contribution is 5.96. The largest absolute Gasteiger partial charge is 0.394 e. The molecule has 0 saturated heterocycles. The van der Waals surface area contributed by atoms with Gasteiger partial charge < -0.3 is 10.7 Å². The molecule has 96 valence electrons. The van der Waals surface area contributed by atoms with E-state index in [1.807, 2.05) is 19.3 Å². The van der Waals surface area contributed by atoms with Crippen molar-refractivity contribution in [3.8, 4) is 0 Å². The normalized spacial score (nSPS) is 40.4. The summed E-state index contributed by atoms with van der Waals surface area (Å²) in [5.41, 5.74) is 2.05. The molecule has 0 aromatic heterocycles. The second-order valence-electron chi connectivity index (χ2n) is 7.08. The zero-order chi connectivity index (χ0) is 12.9. The van der Waals surface area contributed by atoms with E-state index in [4.69, 9.17) is 5.41 Å². The minimum absolute atomic E-state index is 0.375. The van der Waals surface area contributed by atoms with Gasteiger partial charge in [0.15, 0.2) is 0 Å². The standard InChI is InChI=1S/C15H26N2/c1-13(2,3)15-8-7-14(15,4)11(10-15)12(16)6-9-17-5/h6,9,11,16-17H,7-8,10H2,1-5H3/b9-6-,16-12?. The summed E-state index contributed by atoms with van der Waals surface area (Å²) in [7, 11) is 1.88. The molecule has 17 heavy (non-hydrogen) atoms. The lowest BCUT2D eigenvalue weighted by Crippen LogP contribution is -2.70. The van der Waals surface area contributed by atoms with Gasteiger partial charge in [0.05, 0.1) is 0 Å². The number of fused-ring (bicyclic) bond motifs is 1. The van der Waals surface area contributed by atoms with E-state index in [1.165, 1.54) is 19.3 Å². The van der Waals surface area contributed by atoms with Crippen LogP contribution in [-0.2, 0) is 0 Å². The minimum atomic E-state index is 0.375. The Morgan fingerprint density at radius 1 is 1.35 bits per heavy atom. The van der Waals surface area contributed by atoms with Gasteiger partial charge in [-0.1, -0.05) is 27.7 Å². The van der Waals surface area contributed by atoms with Gasteiger partial charge in [0, 0.05) is 18.7 Å². The highest BCUT2D eigenvalue weighted by atomic mass is 14.8. The van der Waals surface area contributed by atoms with Crippen molar-refractivity contribution in [1.82, 2.24) is 5.32 Å². The molecule has 2 aliphatic carbocycles. The molecule has 0 spiro atoms. The lowest BCUT2D eigenvalue weighted by atomic mass is 9.28. The Balaban J connectivity index is 2.14. The summed E-state index contributed by atoms with van der Waals surface area (Å²) in [5.74, 6) is 0.472. The molecule has 3 atom stereocenters. The first-order valence-corrected chi connectivity index (χ1v) is 6.71. The van der Waals surface area contributed by atoms with Gasteiger partial charge in [0.25, 0.3) is 0 Å². The van der Waals surface area contributed by atoms with Crippen molar-refractivity contribution >= 4 is 5.71 Å². The third-order valence-corrected chi connectivity index (χ3v) is 5.73. The van der Waals surface area contributed by atoms with E-state index in [0.717, 1.165) is 5.71 Å². The summed E-state index contributed by atoms with van der Waals surface area (Å²) < 4.78 is 0. The fourth-order valence-corrected chi connectivity index (χ4v) is 4.39. The Kier molecular flexibility index (Phi) is 2.68. The van der Waals surface area contributed by atoms with Crippen molar-refractivity contribution in [1.29, 1.82) is 5.41 Å². The maximum atomic E-state index is 8.19. The van der Waals surface area contributed by atoms with E-state index in [-0.39, 0.29) is 0 Å². The van der Waals surface area contributed by atoms with Gasteiger partial charge in [-0.05, 0) is 47.8 Å². The Morgan fingerprint density at radius 3 is 2.35 bits per heavy atom. The predicted octanol–water partition coefficient (Wildman–Crippen LogP) is 3.59. The maximum Gasteiger partial charge on any atom is 0.0365 e. The third kappa shape index (κ3) is 1.42. The fourth-order valence-electron chi connectivity index (χ4n) is 4.39. The number of allylic oxidation sites excluding steroid dienone is 1. The lowest BCUT2D eigenvalue weighted by molar-refractivity contribution is -0.253. The smallest absolute Gasteiger partial charge is 0.0365 e. The molecular formula is C15H26N2. The molecular weight excluding hydrogens is 208 g/mol. The minimum Gasteiger partial charge on any atom is -0.394 e. The molecule has 0 aliphatic heterocycles. The number of hydrogen-bond donors (Lipinski definition) is 2. The summed E-state index contributed by atoms with van der Waals surface area (Å²) in [5, 5.41) is 11.2. The van der Waals surface area contributed by atoms with Crippen LogP contribution in [0.4, 0.5) is 0 Å². The topological polar surface area (TPSA) is 35.9 Å². The first-order chi connectivity index (χ1) is 7.78. The van der Waals surface area contributed by atoms with Crippen molar-refractivity contribution in [2.24, 2.45) is 22.2 Å². The van der Waals surface area contributed by atoms with E-state index >= 15 is 0 Å². The van der Waals surface area contributed by atoms with Crippen molar-refractivity contribution in [3.63, 3.8) is 0 Å². The van der Waals surface area contributed by atoms with E-state index < -0.39 is 0 Å². The van der Waals surface area contributed by atoms with Crippen LogP contribution in [0.3, 0.4) is 0 Å². The summed E-state index contributed by atoms with van der Waals surface area (Å²) in [4.78, 5) is 0. The Bertz CT molecular complexity index is 364. The van der Waals surface area contributed by atoms with E-state index in [9.17, 15) is 0 Å². The molecule has 2 rings (SSSR count). The average molecular weight is 234 g/mol. The van der Waals surface area contributed by atoms with E-state index in [2.05, 4.69) is 33.0 Å². The van der Waals surface area contributed by atoms with Gasteiger partial charge in [-0.25, -0.2) is 0 Å². The van der Waals surface area contributed by atoms with Gasteiger partial charge in [0.2, 0.25) is 0 Å². The molecule has 0 bridgehead atoms. The molecule has 2 heteroatoms. The van der Waals surface area contributed by atoms with Crippen molar-refractivity contribution in [2.45, 2.75) is 47.0 Å². The molecule has 0 aromatic carbocycles. The maximum absolute atomic E-state index is 8.19. The van der Waals surface area contributed by atoms with E-state index in [0.29, 0.717) is 22.2 Å². The van der Waals surface area contributed by atoms with Crippen LogP contribution in [0.2, 0.25) is 0 Å². The van der Waals surface area contributed by atoms with Crippen LogP contribution in [0.5, 0.6) is 0 Å². The molecule has 2 saturated carbocycles. The third-order valence-electron chi connectivity index (χ3n) is 5.73. The first kappa shape index (κ1) is 12.7. The first-order valence-electron chi connectivity index (χ1n) is 6.71. The molecule has 0 heterocycles. The zero-order valence-electron chi connectivity index (χ0n) is 11.9. The quantitative estimate of drug-likeness (QED) is 0.719. The number of nitrogens with one attached hydrogen (secondary N) is 2. The van der Waals surface area contributed by atoms with Crippen LogP contribution in [0.15, 0.2) is 12.3 Å². The predicted molar refractivity (Wildman–Crippen MR) is 73.3 cm³/mol. The number of hydrogen-bond acceptors (Lipinski definition) is 2. The Labute approximate surface area is 105 Å². The van der Waals surface area contributed by atoms with Crippen LogP contribution in [0.1, 0.15) is 47.0 Å². The second kappa shape index (κ2) is 3.60. The molecule has 2 N–H and O–H groups in total. The summed E-state index contributed by atoms with van der Waals surface area (Å²) in [6.45, 7) is 9.51. The molecule has 0 aromatic rings. The number of rotatable bonds is 3. The molecule has 2 nitrogen and oxygen atoms in total. The van der Waals surface area contributed by atoms with Crippen molar-refractivity contribution in [3.05, 3.63) is 12.3 Å². The SMILES string of the molecule is CN/C=C\C(=N)C1CC2(C(C)(C)C)CCC12C. The molecule has 2 fully saturated rings. The highest BCUT2D eigenvalue weighted by Gasteiger charge is 2.72. The van der Waals surface area contributed by atoms with Gasteiger partial charge >= 0.3 is 0 Å². The van der Waals surface area contributed by atoms with Crippen LogP contribution in [-0.4, -0.2) is 12.8 Å². The summed E-state index contributed by atoms with van der Waals surface area (Å²) in [6.07, 6.45) is 7.67. The van der Waals surface area contributed by atoms with Crippen molar-refractivity contribution < 1.29 is 0 Å². The van der Waals surface area contributed by atoms with Gasteiger partial charge in [-0.3, -0.25) is 0 Å². The van der Waals surface area contributed by atoms with Crippen molar-refractivity contribution in [2.75, 3.05) is 7.05 Å². The molecule has 3 unspecified atom stereocenters. The molecule has 0 amide bonds. The zero-order valence-corrected chi connectivity index (χ0v) is 11.9. The monoisotopic (exact) mass is 234 g/mol. The highest BCUT2D eigenvalue weighted by Crippen LogP contribution is 2.78. The van der Waals surface area contributed by atoms with Gasteiger partial charge in [0.1, 0.15) is 0 Å². The summed E-state index contributed by atoms with van der Waals surface area (Å²) >= 11 is 0. The van der Waals surface area contributed by atoms with Crippen LogP contribution >= 0.6 is 0 Å². The Morgan fingerprint density at radius 2 is 2.00 bits per heavy atom. The van der Waals surface area contributed by atoms with Crippen LogP contribution < -0.4 is 5.32 Å². The fraction of sp³-hybridized carbons (Fsp3) is 0.800. The van der Waals surface area contributed by atoms with E-state index in [1.54, 1.807) is 0 Å². The average Bonchev–Trinajstić information content (AvgIpc) is 2.23. The lowest BCUT2D eigenvalue weighted by Gasteiger charge is -2.76. The Hall–Kier alpha value is -0.790. The van der Waals surface area contributed by atoms with Gasteiger partial charge in [-0.15, -0.1) is 0 Å². The molecule has 0 radical (unpaired) electrons. The van der Waals surface area contributed by atoms with Crippen LogP contribution in [0, 0.1) is 27.6 Å². The molecule has 2 aliphatic rings. The summed E-state index contributed by atoms with van der Waals surface area (Å²) in [6, 6.07) is 0. The van der Waals surface area contributed by atoms with Crippen LogP contribution in [0.25, 0.3) is 0 Å². The van der Waals surface area contributed by atoms with Gasteiger partial charge in [-0.2, -0.15) is 0 Å². The second-order valence-corrected chi connectivity index (χ2v) is 7.08.